The summed E-state index contributed by atoms with van der Waals surface area (Å²) in [5.74, 6) is 0.831. The van der Waals surface area contributed by atoms with E-state index in [0.717, 1.165) is 21.9 Å². The first-order valence-corrected chi connectivity index (χ1v) is 7.15. The number of fused-ring (bicyclic) bond motifs is 1. The van der Waals surface area contributed by atoms with Gasteiger partial charge in [0.05, 0.1) is 18.1 Å². The number of nitrogens with one attached hydrogen (secondary N) is 1. The average Bonchev–Trinajstić information content (AvgIpc) is 2.90. The number of H-pyrrole nitrogens is 1. The Hall–Kier alpha value is -2.20. The molecule has 0 saturated heterocycles. The molecule has 1 heterocycles. The maximum atomic E-state index is 5.20. The minimum absolute atomic E-state index is 0.831. The van der Waals surface area contributed by atoms with E-state index in [4.69, 9.17) is 4.74 Å². The fourth-order valence-electron chi connectivity index (χ4n) is 1.89. The van der Waals surface area contributed by atoms with E-state index in [0.29, 0.717) is 0 Å². The van der Waals surface area contributed by atoms with Gasteiger partial charge in [0.25, 0.3) is 0 Å². The van der Waals surface area contributed by atoms with E-state index in [1.165, 1.54) is 5.56 Å². The highest BCUT2D eigenvalue weighted by atomic mass is 32.2. The largest absolute Gasteiger partial charge is 0.497 e. The third-order valence-corrected chi connectivity index (χ3v) is 3.60. The van der Waals surface area contributed by atoms with Gasteiger partial charge in [0, 0.05) is 6.07 Å². The van der Waals surface area contributed by atoms with Gasteiger partial charge in [-0.3, -0.25) is 0 Å². The number of aromatic amines is 1. The molecule has 3 nitrogen and oxygen atoms in total. The second kappa shape index (κ2) is 5.84. The van der Waals surface area contributed by atoms with Crippen molar-refractivity contribution in [2.75, 3.05) is 7.11 Å². The Morgan fingerprint density at radius 1 is 1.15 bits per heavy atom. The molecule has 3 aromatic rings. The minimum atomic E-state index is 0.831. The highest BCUT2D eigenvalue weighted by Crippen LogP contribution is 2.24. The van der Waals surface area contributed by atoms with Crippen LogP contribution in [0.5, 0.6) is 5.75 Å². The fourth-order valence-corrected chi connectivity index (χ4v) is 2.56. The van der Waals surface area contributed by atoms with Crippen LogP contribution in [-0.2, 0) is 0 Å². The summed E-state index contributed by atoms with van der Waals surface area (Å²) in [6, 6.07) is 16.0. The van der Waals surface area contributed by atoms with Gasteiger partial charge in [-0.1, -0.05) is 42.1 Å². The Bertz CT molecular complexity index is 735. The number of hydrogen-bond acceptors (Lipinski definition) is 3. The molecule has 0 unspecified atom stereocenters. The van der Waals surface area contributed by atoms with Gasteiger partial charge in [0.1, 0.15) is 5.75 Å². The lowest BCUT2D eigenvalue weighted by molar-refractivity contribution is 0.415. The molecule has 0 saturated carbocycles. The second-order valence-electron chi connectivity index (χ2n) is 4.26. The van der Waals surface area contributed by atoms with Crippen LogP contribution in [0.3, 0.4) is 0 Å². The monoisotopic (exact) mass is 282 g/mol. The molecule has 0 bridgehead atoms. The average molecular weight is 282 g/mol. The van der Waals surface area contributed by atoms with Crippen molar-refractivity contribution in [1.82, 2.24) is 9.97 Å². The molecular formula is C16H14N2OS. The molecule has 3 rings (SSSR count). The van der Waals surface area contributed by atoms with E-state index in [2.05, 4.69) is 28.2 Å². The lowest BCUT2D eigenvalue weighted by Crippen LogP contribution is -1.81. The molecule has 0 aliphatic rings. The molecule has 100 valence electrons. The molecule has 0 amide bonds. The van der Waals surface area contributed by atoms with Gasteiger partial charge >= 0.3 is 0 Å². The number of methoxy groups -OCH3 is 1. The van der Waals surface area contributed by atoms with Gasteiger partial charge in [-0.05, 0) is 29.2 Å². The summed E-state index contributed by atoms with van der Waals surface area (Å²) >= 11 is 1.57. The second-order valence-corrected chi connectivity index (χ2v) is 5.15. The number of imidazole rings is 1. The smallest absolute Gasteiger partial charge is 0.170 e. The number of hydrogen-bond donors (Lipinski definition) is 1. The lowest BCUT2D eigenvalue weighted by atomic mass is 10.2. The number of rotatable bonds is 4. The molecule has 1 N–H and O–H groups in total. The first-order chi connectivity index (χ1) is 9.85. The zero-order valence-electron chi connectivity index (χ0n) is 11.0. The van der Waals surface area contributed by atoms with Crippen LogP contribution in [0, 0.1) is 0 Å². The van der Waals surface area contributed by atoms with Crippen molar-refractivity contribution in [3.05, 3.63) is 59.5 Å². The third kappa shape index (κ3) is 2.86. The van der Waals surface area contributed by atoms with Gasteiger partial charge in [0.2, 0.25) is 0 Å². The van der Waals surface area contributed by atoms with Gasteiger partial charge in [-0.25, -0.2) is 4.98 Å². The normalized spacial score (nSPS) is 11.2. The van der Waals surface area contributed by atoms with Crippen LogP contribution >= 0.6 is 11.8 Å². The Kier molecular flexibility index (Phi) is 3.74. The molecule has 4 heteroatoms. The SMILES string of the molecule is COc1ccc2nc(S/C=C\c3ccccc3)[nH]c2c1. The quantitative estimate of drug-likeness (QED) is 0.724. The summed E-state index contributed by atoms with van der Waals surface area (Å²) in [7, 11) is 1.66. The van der Waals surface area contributed by atoms with Gasteiger partial charge in [0.15, 0.2) is 5.16 Å². The number of thioether (sulfide) groups is 1. The van der Waals surface area contributed by atoms with Crippen molar-refractivity contribution in [3.8, 4) is 5.75 Å². The summed E-state index contributed by atoms with van der Waals surface area (Å²) in [6.07, 6.45) is 2.07. The zero-order chi connectivity index (χ0) is 13.8. The molecule has 0 aliphatic carbocycles. The minimum Gasteiger partial charge on any atom is -0.497 e. The Morgan fingerprint density at radius 3 is 2.80 bits per heavy atom. The first-order valence-electron chi connectivity index (χ1n) is 6.27. The molecule has 0 fully saturated rings. The van der Waals surface area contributed by atoms with Crippen LogP contribution in [0.2, 0.25) is 0 Å². The fraction of sp³-hybridized carbons (Fsp3) is 0.0625. The van der Waals surface area contributed by atoms with Crippen LogP contribution < -0.4 is 4.74 Å². The molecule has 0 atom stereocenters. The van der Waals surface area contributed by atoms with E-state index in [1.54, 1.807) is 18.9 Å². The maximum absolute atomic E-state index is 5.20. The number of benzene rings is 2. The predicted molar refractivity (Wildman–Crippen MR) is 84.0 cm³/mol. The molecule has 2 aromatic carbocycles. The Balaban J connectivity index is 1.76. The standard InChI is InChI=1S/C16H14N2OS/c1-19-13-7-8-14-15(11-13)18-16(17-14)20-10-9-12-5-3-2-4-6-12/h2-11H,1H3,(H,17,18)/b10-9-. The van der Waals surface area contributed by atoms with Gasteiger partial charge in [-0.2, -0.15) is 0 Å². The van der Waals surface area contributed by atoms with Crippen molar-refractivity contribution in [2.24, 2.45) is 0 Å². The predicted octanol–water partition coefficient (Wildman–Crippen LogP) is 4.33. The van der Waals surface area contributed by atoms with Crippen molar-refractivity contribution < 1.29 is 4.74 Å². The first kappa shape index (κ1) is 12.8. The summed E-state index contributed by atoms with van der Waals surface area (Å²) in [5, 5.41) is 2.91. The van der Waals surface area contributed by atoms with Crippen molar-refractivity contribution in [3.63, 3.8) is 0 Å². The molecule has 0 aliphatic heterocycles. The zero-order valence-corrected chi connectivity index (χ0v) is 11.9. The number of nitrogens with zero attached hydrogens (tertiary/aromatic N) is 1. The van der Waals surface area contributed by atoms with Crippen LogP contribution in [0.25, 0.3) is 17.1 Å². The highest BCUT2D eigenvalue weighted by molar-refractivity contribution is 8.02. The third-order valence-electron chi connectivity index (χ3n) is 2.91. The van der Waals surface area contributed by atoms with Crippen LogP contribution in [-0.4, -0.2) is 17.1 Å². The molecule has 0 spiro atoms. The summed E-state index contributed by atoms with van der Waals surface area (Å²) < 4.78 is 5.20. The summed E-state index contributed by atoms with van der Waals surface area (Å²) in [6.45, 7) is 0. The summed E-state index contributed by atoms with van der Waals surface area (Å²) in [4.78, 5) is 7.80. The maximum Gasteiger partial charge on any atom is 0.170 e. The Labute approximate surface area is 121 Å². The molecule has 20 heavy (non-hydrogen) atoms. The Morgan fingerprint density at radius 2 is 2.00 bits per heavy atom. The van der Waals surface area contributed by atoms with Crippen LogP contribution in [0.1, 0.15) is 5.56 Å². The number of aromatic nitrogens is 2. The summed E-state index contributed by atoms with van der Waals surface area (Å²) in [5.41, 5.74) is 3.11. The highest BCUT2D eigenvalue weighted by Gasteiger charge is 2.03. The van der Waals surface area contributed by atoms with Crippen molar-refractivity contribution in [1.29, 1.82) is 0 Å². The van der Waals surface area contributed by atoms with Crippen LogP contribution in [0.4, 0.5) is 0 Å². The van der Waals surface area contributed by atoms with E-state index in [-0.39, 0.29) is 0 Å². The topological polar surface area (TPSA) is 37.9 Å². The van der Waals surface area contributed by atoms with Crippen molar-refractivity contribution >= 4 is 28.9 Å². The van der Waals surface area contributed by atoms with E-state index in [1.807, 2.05) is 41.8 Å². The van der Waals surface area contributed by atoms with Crippen LogP contribution in [0.15, 0.2) is 59.1 Å². The van der Waals surface area contributed by atoms with E-state index >= 15 is 0 Å². The van der Waals surface area contributed by atoms with E-state index < -0.39 is 0 Å². The molecular weight excluding hydrogens is 268 g/mol. The molecule has 1 aromatic heterocycles. The lowest BCUT2D eigenvalue weighted by Gasteiger charge is -1.96. The van der Waals surface area contributed by atoms with E-state index in [9.17, 15) is 0 Å². The van der Waals surface area contributed by atoms with Crippen molar-refractivity contribution in [2.45, 2.75) is 5.16 Å². The molecule has 0 radical (unpaired) electrons. The number of ether oxygens (including phenoxy) is 1. The van der Waals surface area contributed by atoms with Gasteiger partial charge in [-0.15, -0.1) is 0 Å². The van der Waals surface area contributed by atoms with Gasteiger partial charge < -0.3 is 9.72 Å².